The van der Waals surface area contributed by atoms with Gasteiger partial charge in [-0.05, 0) is 0 Å². The van der Waals surface area contributed by atoms with Crippen molar-refractivity contribution in [3.05, 3.63) is 0 Å². The van der Waals surface area contributed by atoms with Crippen molar-refractivity contribution in [2.24, 2.45) is 0 Å². The molecule has 0 bridgehead atoms. The fraction of sp³-hybridized carbons (Fsp3) is 1.00. The summed E-state index contributed by atoms with van der Waals surface area (Å²) in [4.78, 5) is 0. The highest BCUT2D eigenvalue weighted by atomic mass is 16.6. The monoisotopic (exact) mass is 142 g/mol. The molecule has 3 nitrogen and oxygen atoms in total. The lowest BCUT2D eigenvalue weighted by Crippen LogP contribution is -2.44. The van der Waals surface area contributed by atoms with E-state index in [4.69, 9.17) is 14.2 Å². The van der Waals surface area contributed by atoms with E-state index in [0.29, 0.717) is 24.4 Å². The molecule has 4 unspecified atom stereocenters. The van der Waals surface area contributed by atoms with Crippen LogP contribution in [0.15, 0.2) is 0 Å². The number of hydrogen-bond acceptors (Lipinski definition) is 3. The van der Waals surface area contributed by atoms with Gasteiger partial charge in [-0.15, -0.1) is 0 Å². The normalized spacial score (nSPS) is 57.6. The zero-order chi connectivity index (χ0) is 6.55. The molecule has 0 saturated carbocycles. The van der Waals surface area contributed by atoms with E-state index in [1.54, 1.807) is 0 Å². The minimum absolute atomic E-state index is 0.397. The smallest absolute Gasteiger partial charge is 0.107 e. The first-order valence-electron chi connectivity index (χ1n) is 3.82. The molecule has 10 heavy (non-hydrogen) atoms. The molecule has 56 valence electrons. The molecule has 3 saturated heterocycles. The summed E-state index contributed by atoms with van der Waals surface area (Å²) in [5.41, 5.74) is 0. The Morgan fingerprint density at radius 3 is 1.50 bits per heavy atom. The Morgan fingerprint density at radius 2 is 1.20 bits per heavy atom. The summed E-state index contributed by atoms with van der Waals surface area (Å²) < 4.78 is 15.7. The van der Waals surface area contributed by atoms with Gasteiger partial charge in [-0.1, -0.05) is 0 Å². The van der Waals surface area contributed by atoms with Crippen LogP contribution in [0.5, 0.6) is 0 Å². The Bertz CT molecular complexity index is 129. The van der Waals surface area contributed by atoms with Crippen LogP contribution in [-0.2, 0) is 14.2 Å². The number of ether oxygens (including phenoxy) is 3. The Morgan fingerprint density at radius 1 is 0.800 bits per heavy atom. The molecule has 3 fully saturated rings. The van der Waals surface area contributed by atoms with Crippen molar-refractivity contribution in [1.29, 1.82) is 0 Å². The Balaban J connectivity index is 1.51. The first-order valence-corrected chi connectivity index (χ1v) is 3.82. The van der Waals surface area contributed by atoms with Crippen LogP contribution in [0.2, 0.25) is 0 Å². The van der Waals surface area contributed by atoms with Crippen molar-refractivity contribution in [3.8, 4) is 0 Å². The molecule has 3 rings (SSSR count). The maximum atomic E-state index is 5.54. The molecule has 0 aliphatic carbocycles. The van der Waals surface area contributed by atoms with Crippen LogP contribution in [-0.4, -0.2) is 37.6 Å². The molecule has 0 spiro atoms. The molecule has 0 amide bonds. The summed E-state index contributed by atoms with van der Waals surface area (Å²) in [5, 5.41) is 0. The van der Waals surface area contributed by atoms with Gasteiger partial charge in [-0.25, -0.2) is 0 Å². The molecule has 3 aliphatic heterocycles. The lowest BCUT2D eigenvalue weighted by Gasteiger charge is -2.33. The standard InChI is InChI=1S/C7H10O3/c1-4(6-2-8-6)10-5(1)7-3-9-7/h4-7H,1-3H2. The van der Waals surface area contributed by atoms with Crippen LogP contribution in [0.25, 0.3) is 0 Å². The summed E-state index contributed by atoms with van der Waals surface area (Å²) in [5.74, 6) is 0. The summed E-state index contributed by atoms with van der Waals surface area (Å²) in [6.07, 6.45) is 2.79. The predicted molar refractivity (Wildman–Crippen MR) is 32.8 cm³/mol. The van der Waals surface area contributed by atoms with Crippen LogP contribution < -0.4 is 0 Å². The second-order valence-electron chi connectivity index (χ2n) is 3.19. The number of epoxide rings is 2. The molecule has 0 aromatic heterocycles. The van der Waals surface area contributed by atoms with Crippen LogP contribution in [0, 0.1) is 0 Å². The summed E-state index contributed by atoms with van der Waals surface area (Å²) in [6.45, 7) is 1.81. The Kier molecular flexibility index (Phi) is 0.952. The molecule has 0 N–H and O–H groups in total. The van der Waals surface area contributed by atoms with Gasteiger partial charge in [0.15, 0.2) is 0 Å². The largest absolute Gasteiger partial charge is 0.370 e. The van der Waals surface area contributed by atoms with E-state index >= 15 is 0 Å². The van der Waals surface area contributed by atoms with E-state index in [1.165, 1.54) is 0 Å². The van der Waals surface area contributed by atoms with Gasteiger partial charge < -0.3 is 14.2 Å². The third kappa shape index (κ3) is 0.779. The van der Waals surface area contributed by atoms with Gasteiger partial charge in [0.25, 0.3) is 0 Å². The molecular formula is C7H10O3. The molecule has 4 atom stereocenters. The number of rotatable bonds is 2. The molecule has 0 radical (unpaired) electrons. The van der Waals surface area contributed by atoms with Gasteiger partial charge in [-0.3, -0.25) is 0 Å². The maximum absolute atomic E-state index is 5.54. The summed E-state index contributed by atoms with van der Waals surface area (Å²) >= 11 is 0. The van der Waals surface area contributed by atoms with E-state index < -0.39 is 0 Å². The zero-order valence-corrected chi connectivity index (χ0v) is 5.66. The van der Waals surface area contributed by atoms with Gasteiger partial charge in [0.1, 0.15) is 12.2 Å². The molecular weight excluding hydrogens is 132 g/mol. The van der Waals surface area contributed by atoms with Crippen molar-refractivity contribution in [1.82, 2.24) is 0 Å². The lowest BCUT2D eigenvalue weighted by atomic mass is 10.0. The predicted octanol–water partition coefficient (Wildman–Crippen LogP) is -0.0585. The highest BCUT2D eigenvalue weighted by Crippen LogP contribution is 2.36. The van der Waals surface area contributed by atoms with Gasteiger partial charge >= 0.3 is 0 Å². The quantitative estimate of drug-likeness (QED) is 0.506. The third-order valence-corrected chi connectivity index (χ3v) is 2.36. The van der Waals surface area contributed by atoms with Crippen molar-refractivity contribution in [2.45, 2.75) is 30.8 Å². The van der Waals surface area contributed by atoms with E-state index in [1.807, 2.05) is 0 Å². The summed E-state index contributed by atoms with van der Waals surface area (Å²) in [7, 11) is 0. The topological polar surface area (TPSA) is 34.3 Å². The van der Waals surface area contributed by atoms with E-state index in [9.17, 15) is 0 Å². The maximum Gasteiger partial charge on any atom is 0.107 e. The average Bonchev–Trinajstić information content (AvgIpc) is 2.51. The zero-order valence-electron chi connectivity index (χ0n) is 5.66. The molecule has 0 aromatic carbocycles. The average molecular weight is 142 g/mol. The van der Waals surface area contributed by atoms with E-state index in [0.717, 1.165) is 19.6 Å². The molecule has 3 aliphatic rings. The van der Waals surface area contributed by atoms with Crippen molar-refractivity contribution < 1.29 is 14.2 Å². The third-order valence-electron chi connectivity index (χ3n) is 2.36. The van der Waals surface area contributed by atoms with Crippen molar-refractivity contribution >= 4 is 0 Å². The molecule has 0 aromatic rings. The van der Waals surface area contributed by atoms with Gasteiger partial charge in [-0.2, -0.15) is 0 Å². The Hall–Kier alpha value is -0.120. The summed E-state index contributed by atoms with van der Waals surface area (Å²) in [6, 6.07) is 0. The second-order valence-corrected chi connectivity index (χ2v) is 3.19. The first kappa shape index (κ1) is 5.52. The van der Waals surface area contributed by atoms with Gasteiger partial charge in [0.2, 0.25) is 0 Å². The fourth-order valence-electron chi connectivity index (χ4n) is 1.46. The van der Waals surface area contributed by atoms with Crippen LogP contribution >= 0.6 is 0 Å². The SMILES string of the molecule is C1OC1C1CC(C2CO2)O1. The highest BCUT2D eigenvalue weighted by molar-refractivity contribution is 4.95. The Labute approximate surface area is 59.3 Å². The molecule has 3 heterocycles. The lowest BCUT2D eigenvalue weighted by molar-refractivity contribution is -0.142. The van der Waals surface area contributed by atoms with Crippen LogP contribution in [0.4, 0.5) is 0 Å². The molecule has 3 heteroatoms. The first-order chi connectivity index (χ1) is 4.93. The van der Waals surface area contributed by atoms with E-state index in [2.05, 4.69) is 0 Å². The van der Waals surface area contributed by atoms with Crippen LogP contribution in [0.1, 0.15) is 6.42 Å². The fourth-order valence-corrected chi connectivity index (χ4v) is 1.46. The highest BCUT2D eigenvalue weighted by Gasteiger charge is 2.49. The van der Waals surface area contributed by atoms with E-state index in [-0.39, 0.29) is 0 Å². The minimum atomic E-state index is 0.397. The van der Waals surface area contributed by atoms with Gasteiger partial charge in [0.05, 0.1) is 25.4 Å². The number of hydrogen-bond donors (Lipinski definition) is 0. The van der Waals surface area contributed by atoms with Gasteiger partial charge in [0, 0.05) is 6.42 Å². The van der Waals surface area contributed by atoms with Crippen molar-refractivity contribution in [2.75, 3.05) is 13.2 Å². The van der Waals surface area contributed by atoms with Crippen LogP contribution in [0.3, 0.4) is 0 Å². The van der Waals surface area contributed by atoms with Crippen molar-refractivity contribution in [3.63, 3.8) is 0 Å². The second kappa shape index (κ2) is 1.72. The minimum Gasteiger partial charge on any atom is -0.370 e.